The molecule has 1 heterocycles. The van der Waals surface area contributed by atoms with Crippen LogP contribution in [0.2, 0.25) is 0 Å². The van der Waals surface area contributed by atoms with Gasteiger partial charge in [0.25, 0.3) is 5.91 Å². The first-order valence-corrected chi connectivity index (χ1v) is 10.5. The first-order valence-electron chi connectivity index (χ1n) is 8.98. The van der Waals surface area contributed by atoms with Crippen LogP contribution in [0.5, 0.6) is 0 Å². The molecule has 0 bridgehead atoms. The molecule has 0 atom stereocenters. The van der Waals surface area contributed by atoms with Gasteiger partial charge >= 0.3 is 0 Å². The number of nitrogens with one attached hydrogen (secondary N) is 2. The lowest BCUT2D eigenvalue weighted by molar-refractivity contribution is 0.102. The molecule has 2 aromatic carbocycles. The molecule has 3 rings (SSSR count). The van der Waals surface area contributed by atoms with Crippen molar-refractivity contribution in [3.05, 3.63) is 77.6 Å². The van der Waals surface area contributed by atoms with E-state index in [0.717, 1.165) is 17.1 Å². The van der Waals surface area contributed by atoms with Gasteiger partial charge < -0.3 is 9.88 Å². The lowest BCUT2D eigenvalue weighted by atomic mass is 10.2. The monoisotopic (exact) mass is 397 g/mol. The van der Waals surface area contributed by atoms with E-state index in [1.54, 1.807) is 6.92 Å². The van der Waals surface area contributed by atoms with Crippen molar-refractivity contribution in [2.45, 2.75) is 25.7 Å². The third kappa shape index (κ3) is 4.16. The van der Waals surface area contributed by atoms with Gasteiger partial charge in [-0.1, -0.05) is 6.92 Å². The van der Waals surface area contributed by atoms with Crippen molar-refractivity contribution in [3.8, 4) is 5.69 Å². The highest BCUT2D eigenvalue weighted by molar-refractivity contribution is 7.89. The average Bonchev–Trinajstić information content (AvgIpc) is 3.01. The summed E-state index contributed by atoms with van der Waals surface area (Å²) < 4.78 is 28.5. The molecule has 2 N–H and O–H groups in total. The molecule has 0 unspecified atom stereocenters. The SMILES string of the molecule is CCNS(=O)(=O)c1ccc(C(=O)Nc2ccc(-n3c(C)ccc3C)cc2)cc1. The third-order valence-electron chi connectivity index (χ3n) is 4.42. The van der Waals surface area contributed by atoms with Crippen LogP contribution in [0.3, 0.4) is 0 Å². The van der Waals surface area contributed by atoms with Crippen molar-refractivity contribution < 1.29 is 13.2 Å². The molecule has 28 heavy (non-hydrogen) atoms. The minimum atomic E-state index is -3.53. The maximum Gasteiger partial charge on any atom is 0.255 e. The van der Waals surface area contributed by atoms with Gasteiger partial charge in [0.15, 0.2) is 0 Å². The van der Waals surface area contributed by atoms with Gasteiger partial charge in [0.1, 0.15) is 0 Å². The Kier molecular flexibility index (Phi) is 5.67. The van der Waals surface area contributed by atoms with Crippen molar-refractivity contribution in [3.63, 3.8) is 0 Å². The minimum Gasteiger partial charge on any atom is -0.322 e. The number of amides is 1. The average molecular weight is 398 g/mol. The third-order valence-corrected chi connectivity index (χ3v) is 5.98. The highest BCUT2D eigenvalue weighted by Crippen LogP contribution is 2.19. The second-order valence-electron chi connectivity index (χ2n) is 6.48. The molecule has 7 heteroatoms. The zero-order valence-corrected chi connectivity index (χ0v) is 16.9. The highest BCUT2D eigenvalue weighted by Gasteiger charge is 2.14. The predicted octanol–water partition coefficient (Wildman–Crippen LogP) is 3.64. The Morgan fingerprint density at radius 3 is 2.00 bits per heavy atom. The van der Waals surface area contributed by atoms with Crippen LogP contribution in [0.1, 0.15) is 28.7 Å². The molecule has 0 saturated carbocycles. The zero-order chi connectivity index (χ0) is 20.3. The minimum absolute atomic E-state index is 0.132. The molecule has 6 nitrogen and oxygen atoms in total. The Balaban J connectivity index is 1.73. The van der Waals surface area contributed by atoms with E-state index < -0.39 is 10.0 Å². The number of hydrogen-bond donors (Lipinski definition) is 2. The number of aryl methyl sites for hydroxylation is 2. The molecule has 1 amide bonds. The molecule has 0 aliphatic heterocycles. The van der Waals surface area contributed by atoms with Crippen molar-refractivity contribution in [2.75, 3.05) is 11.9 Å². The van der Waals surface area contributed by atoms with E-state index >= 15 is 0 Å². The summed E-state index contributed by atoms with van der Waals surface area (Å²) in [6.07, 6.45) is 0. The lowest BCUT2D eigenvalue weighted by Crippen LogP contribution is -2.23. The number of benzene rings is 2. The Labute approximate surface area is 165 Å². The summed E-state index contributed by atoms with van der Waals surface area (Å²) in [5, 5.41) is 2.83. The number of aromatic nitrogens is 1. The van der Waals surface area contributed by atoms with E-state index in [4.69, 9.17) is 0 Å². The van der Waals surface area contributed by atoms with Crippen LogP contribution in [0.15, 0.2) is 65.6 Å². The molecule has 3 aromatic rings. The number of carbonyl (C=O) groups excluding carboxylic acids is 1. The summed E-state index contributed by atoms with van der Waals surface area (Å²) in [6, 6.07) is 17.5. The van der Waals surface area contributed by atoms with Gasteiger partial charge in [-0.3, -0.25) is 4.79 Å². The molecule has 0 aliphatic carbocycles. The maximum absolute atomic E-state index is 12.4. The number of hydrogen-bond acceptors (Lipinski definition) is 3. The van der Waals surface area contributed by atoms with Crippen molar-refractivity contribution >= 4 is 21.6 Å². The number of carbonyl (C=O) groups is 1. The predicted molar refractivity (Wildman–Crippen MR) is 111 cm³/mol. The van der Waals surface area contributed by atoms with Crippen LogP contribution in [0, 0.1) is 13.8 Å². The van der Waals surface area contributed by atoms with Gasteiger partial charge in [0.2, 0.25) is 10.0 Å². The number of nitrogens with zero attached hydrogens (tertiary/aromatic N) is 1. The second kappa shape index (κ2) is 8.00. The topological polar surface area (TPSA) is 80.2 Å². The van der Waals surface area contributed by atoms with Crippen LogP contribution >= 0.6 is 0 Å². The smallest absolute Gasteiger partial charge is 0.255 e. The molecule has 0 spiro atoms. The van der Waals surface area contributed by atoms with Crippen LogP contribution in [-0.4, -0.2) is 25.4 Å². The normalized spacial score (nSPS) is 11.4. The maximum atomic E-state index is 12.4. The van der Waals surface area contributed by atoms with E-state index in [-0.39, 0.29) is 10.8 Å². The molecule has 0 aliphatic rings. The first kappa shape index (κ1) is 19.9. The van der Waals surface area contributed by atoms with Gasteiger partial charge in [-0.2, -0.15) is 0 Å². The number of anilines is 1. The van der Waals surface area contributed by atoms with E-state index in [0.29, 0.717) is 17.8 Å². The molecule has 1 aromatic heterocycles. The molecule has 0 fully saturated rings. The standard InChI is InChI=1S/C21H23N3O3S/c1-4-22-28(26,27)20-13-7-17(8-14-20)21(25)23-18-9-11-19(12-10-18)24-15(2)5-6-16(24)3/h5-14,22H,4H2,1-3H3,(H,23,25). The van der Waals surface area contributed by atoms with Crippen molar-refractivity contribution in [1.82, 2.24) is 9.29 Å². The zero-order valence-electron chi connectivity index (χ0n) is 16.1. The van der Waals surface area contributed by atoms with Gasteiger partial charge in [-0.25, -0.2) is 13.1 Å². The van der Waals surface area contributed by atoms with Gasteiger partial charge in [-0.05, 0) is 74.5 Å². The van der Waals surface area contributed by atoms with Gasteiger partial charge in [0.05, 0.1) is 4.90 Å². The first-order chi connectivity index (χ1) is 13.3. The van der Waals surface area contributed by atoms with E-state index in [1.807, 2.05) is 38.1 Å². The number of sulfonamides is 1. The molecule has 146 valence electrons. The summed E-state index contributed by atoms with van der Waals surface area (Å²) >= 11 is 0. The highest BCUT2D eigenvalue weighted by atomic mass is 32.2. The van der Waals surface area contributed by atoms with Crippen LogP contribution in [0.25, 0.3) is 5.69 Å². The number of rotatable bonds is 6. The summed E-state index contributed by atoms with van der Waals surface area (Å²) in [5.74, 6) is -0.298. The van der Waals surface area contributed by atoms with E-state index in [9.17, 15) is 13.2 Å². The quantitative estimate of drug-likeness (QED) is 0.666. The fourth-order valence-corrected chi connectivity index (χ4v) is 4.07. The van der Waals surface area contributed by atoms with E-state index in [2.05, 4.69) is 26.7 Å². The lowest BCUT2D eigenvalue weighted by Gasteiger charge is -2.11. The van der Waals surface area contributed by atoms with Crippen LogP contribution in [-0.2, 0) is 10.0 Å². The molecular formula is C21H23N3O3S. The molecule has 0 radical (unpaired) electrons. The van der Waals surface area contributed by atoms with Crippen LogP contribution < -0.4 is 10.0 Å². The Hall–Kier alpha value is -2.90. The fourth-order valence-electron chi connectivity index (χ4n) is 3.03. The largest absolute Gasteiger partial charge is 0.322 e. The van der Waals surface area contributed by atoms with Crippen LogP contribution in [0.4, 0.5) is 5.69 Å². The molecule has 0 saturated heterocycles. The Morgan fingerprint density at radius 2 is 1.46 bits per heavy atom. The summed E-state index contributed by atoms with van der Waals surface area (Å²) in [5.41, 5.74) is 4.36. The van der Waals surface area contributed by atoms with Gasteiger partial charge in [0, 0.05) is 34.9 Å². The van der Waals surface area contributed by atoms with Crippen molar-refractivity contribution in [2.24, 2.45) is 0 Å². The molecular weight excluding hydrogens is 374 g/mol. The van der Waals surface area contributed by atoms with Gasteiger partial charge in [-0.15, -0.1) is 0 Å². The van der Waals surface area contributed by atoms with E-state index in [1.165, 1.54) is 24.3 Å². The Bertz CT molecular complexity index is 1060. The fraction of sp³-hybridized carbons (Fsp3) is 0.190. The second-order valence-corrected chi connectivity index (χ2v) is 8.25. The Morgan fingerprint density at radius 1 is 0.893 bits per heavy atom. The summed E-state index contributed by atoms with van der Waals surface area (Å²) in [6.45, 7) is 6.11. The summed E-state index contributed by atoms with van der Waals surface area (Å²) in [4.78, 5) is 12.6. The summed E-state index contributed by atoms with van der Waals surface area (Å²) in [7, 11) is -3.53. The van der Waals surface area contributed by atoms with Crippen molar-refractivity contribution in [1.29, 1.82) is 0 Å².